The topological polar surface area (TPSA) is 41.3 Å². The Labute approximate surface area is 110 Å². The summed E-state index contributed by atoms with van der Waals surface area (Å²) in [5, 5.41) is 3.18. The molecule has 0 amide bonds. The van der Waals surface area contributed by atoms with Crippen molar-refractivity contribution < 1.29 is 4.42 Å². The first-order valence-electron chi connectivity index (χ1n) is 6.98. The van der Waals surface area contributed by atoms with Gasteiger partial charge in [0.25, 0.3) is 0 Å². The Balaban J connectivity index is 1.95. The number of hydrogen-bond donors (Lipinski definition) is 1. The molecule has 1 aromatic rings. The van der Waals surface area contributed by atoms with E-state index < -0.39 is 0 Å². The van der Waals surface area contributed by atoms with Gasteiger partial charge in [-0.15, -0.1) is 0 Å². The zero-order valence-electron chi connectivity index (χ0n) is 11.9. The van der Waals surface area contributed by atoms with Gasteiger partial charge in [-0.3, -0.25) is 0 Å². The maximum absolute atomic E-state index is 5.88. The number of aromatic nitrogens is 1. The average molecular weight is 251 g/mol. The predicted octanol–water partition coefficient (Wildman–Crippen LogP) is 2.54. The van der Waals surface area contributed by atoms with Gasteiger partial charge in [0, 0.05) is 12.0 Å². The SMILES string of the molecule is CNC(C)c1cnc(C2CCN(C(C)C)CC2)o1. The molecule has 0 spiro atoms. The molecule has 2 rings (SSSR count). The van der Waals surface area contributed by atoms with E-state index in [2.05, 4.69) is 36.0 Å². The Bertz CT molecular complexity index is 367. The second-order valence-corrected chi connectivity index (χ2v) is 5.52. The molecule has 2 heterocycles. The number of oxazole rings is 1. The smallest absolute Gasteiger partial charge is 0.197 e. The van der Waals surface area contributed by atoms with Crippen LogP contribution >= 0.6 is 0 Å². The zero-order chi connectivity index (χ0) is 13.1. The van der Waals surface area contributed by atoms with Gasteiger partial charge in [-0.25, -0.2) is 4.98 Å². The molecule has 1 aliphatic heterocycles. The quantitative estimate of drug-likeness (QED) is 0.893. The molecule has 1 fully saturated rings. The summed E-state index contributed by atoms with van der Waals surface area (Å²) in [5.74, 6) is 2.37. The first-order chi connectivity index (χ1) is 8.61. The van der Waals surface area contributed by atoms with Crippen molar-refractivity contribution >= 4 is 0 Å². The molecule has 0 saturated carbocycles. The number of nitrogens with zero attached hydrogens (tertiary/aromatic N) is 2. The fourth-order valence-electron chi connectivity index (χ4n) is 2.49. The summed E-state index contributed by atoms with van der Waals surface area (Å²) >= 11 is 0. The molecule has 1 unspecified atom stereocenters. The van der Waals surface area contributed by atoms with Crippen LogP contribution in [0.1, 0.15) is 57.2 Å². The van der Waals surface area contributed by atoms with Crippen LogP contribution in [0.2, 0.25) is 0 Å². The minimum atomic E-state index is 0.238. The van der Waals surface area contributed by atoms with Crippen LogP contribution in [0, 0.1) is 0 Å². The summed E-state index contributed by atoms with van der Waals surface area (Å²) < 4.78 is 5.88. The van der Waals surface area contributed by atoms with Crippen LogP contribution in [0.4, 0.5) is 0 Å². The second-order valence-electron chi connectivity index (χ2n) is 5.52. The molecule has 0 radical (unpaired) electrons. The molecule has 18 heavy (non-hydrogen) atoms. The van der Waals surface area contributed by atoms with Crippen molar-refractivity contribution in [2.24, 2.45) is 0 Å². The first-order valence-corrected chi connectivity index (χ1v) is 6.98. The number of likely N-dealkylation sites (tertiary alicyclic amines) is 1. The van der Waals surface area contributed by atoms with E-state index >= 15 is 0 Å². The van der Waals surface area contributed by atoms with Crippen molar-refractivity contribution in [2.45, 2.75) is 51.6 Å². The lowest BCUT2D eigenvalue weighted by molar-refractivity contribution is 0.162. The maximum atomic E-state index is 5.88. The molecule has 4 nitrogen and oxygen atoms in total. The number of rotatable bonds is 4. The molecule has 1 atom stereocenters. The van der Waals surface area contributed by atoms with E-state index in [1.165, 1.54) is 0 Å². The van der Waals surface area contributed by atoms with Gasteiger partial charge >= 0.3 is 0 Å². The molecular formula is C14H25N3O. The summed E-state index contributed by atoms with van der Waals surface area (Å²) in [6, 6.07) is 0.886. The van der Waals surface area contributed by atoms with E-state index in [1.54, 1.807) is 0 Å². The molecule has 0 aliphatic carbocycles. The van der Waals surface area contributed by atoms with Crippen LogP contribution in [-0.4, -0.2) is 36.1 Å². The number of piperidine rings is 1. The monoisotopic (exact) mass is 251 g/mol. The van der Waals surface area contributed by atoms with Crippen LogP contribution in [0.5, 0.6) is 0 Å². The van der Waals surface area contributed by atoms with Crippen LogP contribution in [0.25, 0.3) is 0 Å². The van der Waals surface area contributed by atoms with Crippen LogP contribution in [0.15, 0.2) is 10.6 Å². The molecule has 1 N–H and O–H groups in total. The van der Waals surface area contributed by atoms with Gasteiger partial charge < -0.3 is 14.6 Å². The highest BCUT2D eigenvalue weighted by Gasteiger charge is 2.25. The van der Waals surface area contributed by atoms with Gasteiger partial charge in [-0.2, -0.15) is 0 Å². The third kappa shape index (κ3) is 2.93. The Morgan fingerprint density at radius 2 is 2.00 bits per heavy atom. The predicted molar refractivity (Wildman–Crippen MR) is 72.7 cm³/mol. The van der Waals surface area contributed by atoms with E-state index in [1.807, 2.05) is 13.2 Å². The van der Waals surface area contributed by atoms with Crippen molar-refractivity contribution in [3.05, 3.63) is 17.8 Å². The first kappa shape index (κ1) is 13.6. The number of nitrogens with one attached hydrogen (secondary N) is 1. The maximum Gasteiger partial charge on any atom is 0.197 e. The molecule has 1 aromatic heterocycles. The third-order valence-electron chi connectivity index (χ3n) is 4.01. The molecule has 1 aliphatic rings. The lowest BCUT2D eigenvalue weighted by Crippen LogP contribution is -2.37. The highest BCUT2D eigenvalue weighted by molar-refractivity contribution is 5.03. The van der Waals surface area contributed by atoms with Gasteiger partial charge in [0.1, 0.15) is 5.76 Å². The zero-order valence-corrected chi connectivity index (χ0v) is 11.9. The van der Waals surface area contributed by atoms with Gasteiger partial charge in [-0.1, -0.05) is 0 Å². The van der Waals surface area contributed by atoms with Crippen molar-refractivity contribution in [1.29, 1.82) is 0 Å². The van der Waals surface area contributed by atoms with E-state index in [0.29, 0.717) is 12.0 Å². The van der Waals surface area contributed by atoms with E-state index in [0.717, 1.165) is 37.6 Å². The largest absolute Gasteiger partial charge is 0.444 e. The van der Waals surface area contributed by atoms with Gasteiger partial charge in [-0.05, 0) is 53.8 Å². The molecule has 0 aromatic carbocycles. The molecular weight excluding hydrogens is 226 g/mol. The molecule has 4 heteroatoms. The fraction of sp³-hybridized carbons (Fsp3) is 0.786. The standard InChI is InChI=1S/C14H25N3O/c1-10(2)17-7-5-12(6-8-17)14-16-9-13(18-14)11(3)15-4/h9-12,15H,5-8H2,1-4H3. The lowest BCUT2D eigenvalue weighted by atomic mass is 9.96. The highest BCUT2D eigenvalue weighted by Crippen LogP contribution is 2.29. The summed E-state index contributed by atoms with van der Waals surface area (Å²) in [4.78, 5) is 6.98. The fourth-order valence-corrected chi connectivity index (χ4v) is 2.49. The highest BCUT2D eigenvalue weighted by atomic mass is 16.4. The van der Waals surface area contributed by atoms with E-state index in [9.17, 15) is 0 Å². The summed E-state index contributed by atoms with van der Waals surface area (Å²) in [7, 11) is 1.94. The second kappa shape index (κ2) is 5.85. The Hall–Kier alpha value is -0.870. The molecule has 102 valence electrons. The Kier molecular flexibility index (Phi) is 4.40. The molecule has 1 saturated heterocycles. The summed E-state index contributed by atoms with van der Waals surface area (Å²) in [6.07, 6.45) is 4.18. The van der Waals surface area contributed by atoms with Crippen molar-refractivity contribution in [3.63, 3.8) is 0 Å². The Morgan fingerprint density at radius 3 is 2.56 bits per heavy atom. The van der Waals surface area contributed by atoms with E-state index in [4.69, 9.17) is 4.42 Å². The van der Waals surface area contributed by atoms with Crippen LogP contribution < -0.4 is 5.32 Å². The minimum absolute atomic E-state index is 0.238. The third-order valence-corrected chi connectivity index (χ3v) is 4.01. The lowest BCUT2D eigenvalue weighted by Gasteiger charge is -2.33. The normalized spacial score (nSPS) is 20.5. The Morgan fingerprint density at radius 1 is 1.33 bits per heavy atom. The molecule has 0 bridgehead atoms. The van der Waals surface area contributed by atoms with Crippen molar-refractivity contribution in [1.82, 2.24) is 15.2 Å². The van der Waals surface area contributed by atoms with Gasteiger partial charge in [0.15, 0.2) is 5.89 Å². The van der Waals surface area contributed by atoms with Crippen LogP contribution in [-0.2, 0) is 0 Å². The minimum Gasteiger partial charge on any atom is -0.444 e. The van der Waals surface area contributed by atoms with Gasteiger partial charge in [0.2, 0.25) is 0 Å². The van der Waals surface area contributed by atoms with Crippen molar-refractivity contribution in [2.75, 3.05) is 20.1 Å². The van der Waals surface area contributed by atoms with Crippen molar-refractivity contribution in [3.8, 4) is 0 Å². The van der Waals surface area contributed by atoms with E-state index in [-0.39, 0.29) is 6.04 Å². The van der Waals surface area contributed by atoms with Gasteiger partial charge in [0.05, 0.1) is 12.2 Å². The number of hydrogen-bond acceptors (Lipinski definition) is 4. The van der Waals surface area contributed by atoms with Crippen LogP contribution in [0.3, 0.4) is 0 Å². The summed E-state index contributed by atoms with van der Waals surface area (Å²) in [6.45, 7) is 8.92. The summed E-state index contributed by atoms with van der Waals surface area (Å²) in [5.41, 5.74) is 0. The average Bonchev–Trinajstić information content (AvgIpc) is 2.87.